The summed E-state index contributed by atoms with van der Waals surface area (Å²) >= 11 is 0. The number of nitrogens with zero attached hydrogens (tertiary/aromatic N) is 5. The van der Waals surface area contributed by atoms with Crippen LogP contribution >= 0.6 is 0 Å². The number of benzene rings is 1. The molecule has 1 aliphatic rings. The van der Waals surface area contributed by atoms with Crippen LogP contribution in [0.25, 0.3) is 16.9 Å². The minimum absolute atomic E-state index is 0.217. The lowest BCUT2D eigenvalue weighted by atomic mass is 10.1. The number of aromatic nitrogens is 3. The summed E-state index contributed by atoms with van der Waals surface area (Å²) in [6.07, 6.45) is 1.54. The number of carbonyl (C=O) groups excluding carboxylic acids is 1. The quantitative estimate of drug-likeness (QED) is 0.697. The second-order valence-corrected chi connectivity index (χ2v) is 8.11. The van der Waals surface area contributed by atoms with Crippen molar-refractivity contribution in [1.82, 2.24) is 19.4 Å². The molecule has 3 heterocycles. The molecule has 0 atom stereocenters. The lowest BCUT2D eigenvalue weighted by Gasteiger charge is -2.44. The number of carbonyl (C=O) groups is 1. The normalized spacial score (nSPS) is 14.8. The average molecular weight is 379 g/mol. The summed E-state index contributed by atoms with van der Waals surface area (Å²) in [5.41, 5.74) is 1.49. The van der Waals surface area contributed by atoms with E-state index in [0.717, 1.165) is 22.7 Å². The number of hydrogen-bond donors (Lipinski definition) is 0. The number of amides is 1. The number of imidazole rings is 1. The SMILES string of the molecule is CN(c1cccc(-n2cnc3ccccc32)n1)C1CN(C(=O)OC(C)(C)C)C1. The number of likely N-dealkylation sites (N-methyl/N-ethyl adjacent to an activating group) is 1. The zero-order valence-electron chi connectivity index (χ0n) is 16.7. The molecule has 1 aliphatic heterocycles. The predicted molar refractivity (Wildman–Crippen MR) is 109 cm³/mol. The van der Waals surface area contributed by atoms with Crippen molar-refractivity contribution in [3.8, 4) is 5.82 Å². The summed E-state index contributed by atoms with van der Waals surface area (Å²) in [5, 5.41) is 0. The molecule has 3 aromatic rings. The molecule has 28 heavy (non-hydrogen) atoms. The number of fused-ring (bicyclic) bond motifs is 1. The first-order valence-electron chi connectivity index (χ1n) is 9.42. The van der Waals surface area contributed by atoms with Gasteiger partial charge in [0.2, 0.25) is 0 Å². The van der Waals surface area contributed by atoms with Gasteiger partial charge in [-0.05, 0) is 45.0 Å². The fraction of sp³-hybridized carbons (Fsp3) is 0.381. The number of anilines is 1. The zero-order chi connectivity index (χ0) is 19.9. The maximum atomic E-state index is 12.1. The number of rotatable bonds is 3. The molecule has 0 radical (unpaired) electrons. The molecule has 146 valence electrons. The lowest BCUT2D eigenvalue weighted by Crippen LogP contribution is -2.61. The van der Waals surface area contributed by atoms with E-state index >= 15 is 0 Å². The Bertz CT molecular complexity index is 1000. The van der Waals surface area contributed by atoms with Crippen LogP contribution in [0.3, 0.4) is 0 Å². The predicted octanol–water partition coefficient (Wildman–Crippen LogP) is 3.48. The molecule has 7 heteroatoms. The van der Waals surface area contributed by atoms with E-state index in [2.05, 4.69) is 9.88 Å². The van der Waals surface area contributed by atoms with E-state index in [-0.39, 0.29) is 12.1 Å². The zero-order valence-corrected chi connectivity index (χ0v) is 16.7. The van der Waals surface area contributed by atoms with Gasteiger partial charge in [0.15, 0.2) is 0 Å². The molecule has 4 rings (SSSR count). The maximum absolute atomic E-state index is 12.1. The Balaban J connectivity index is 1.47. The molecule has 1 saturated heterocycles. The van der Waals surface area contributed by atoms with Gasteiger partial charge in [0, 0.05) is 20.1 Å². The van der Waals surface area contributed by atoms with Crippen molar-refractivity contribution < 1.29 is 9.53 Å². The Kier molecular flexibility index (Phi) is 4.45. The summed E-state index contributed by atoms with van der Waals surface area (Å²) in [6.45, 7) is 6.90. The molecule has 1 fully saturated rings. The van der Waals surface area contributed by atoms with Crippen molar-refractivity contribution in [2.75, 3.05) is 25.0 Å². The fourth-order valence-electron chi connectivity index (χ4n) is 3.25. The summed E-state index contributed by atoms with van der Waals surface area (Å²) in [5.74, 6) is 1.69. The van der Waals surface area contributed by atoms with Crippen molar-refractivity contribution in [3.05, 3.63) is 48.8 Å². The first-order chi connectivity index (χ1) is 13.3. The van der Waals surface area contributed by atoms with E-state index in [1.54, 1.807) is 11.2 Å². The number of para-hydroxylation sites is 2. The standard InChI is InChI=1S/C21H25N5O2/c1-21(2,3)28-20(27)25-12-15(13-25)24(4)18-10-7-11-19(23-18)26-14-22-16-8-5-6-9-17(16)26/h5-11,14-15H,12-13H2,1-4H3. The first kappa shape index (κ1) is 18.3. The number of ether oxygens (including phenoxy) is 1. The van der Waals surface area contributed by atoms with Crippen molar-refractivity contribution in [3.63, 3.8) is 0 Å². The van der Waals surface area contributed by atoms with Crippen molar-refractivity contribution in [2.45, 2.75) is 32.4 Å². The minimum atomic E-state index is -0.475. The van der Waals surface area contributed by atoms with Crippen LogP contribution in [0.1, 0.15) is 20.8 Å². The third-order valence-electron chi connectivity index (χ3n) is 4.84. The van der Waals surface area contributed by atoms with Gasteiger partial charge in [-0.15, -0.1) is 0 Å². The second kappa shape index (κ2) is 6.82. The van der Waals surface area contributed by atoms with Crippen molar-refractivity contribution in [2.24, 2.45) is 0 Å². The Morgan fingerprint density at radius 3 is 2.64 bits per heavy atom. The lowest BCUT2D eigenvalue weighted by molar-refractivity contribution is 0.00846. The highest BCUT2D eigenvalue weighted by molar-refractivity contribution is 5.76. The van der Waals surface area contributed by atoms with Gasteiger partial charge in [-0.25, -0.2) is 14.8 Å². The second-order valence-electron chi connectivity index (χ2n) is 8.11. The number of hydrogen-bond acceptors (Lipinski definition) is 5. The van der Waals surface area contributed by atoms with Gasteiger partial charge in [0.25, 0.3) is 0 Å². The molecule has 0 spiro atoms. The van der Waals surface area contributed by atoms with Crippen LogP contribution in [-0.4, -0.2) is 57.3 Å². The Morgan fingerprint density at radius 2 is 1.89 bits per heavy atom. The summed E-state index contributed by atoms with van der Waals surface area (Å²) in [7, 11) is 2.01. The largest absolute Gasteiger partial charge is 0.444 e. The van der Waals surface area contributed by atoms with Gasteiger partial charge in [-0.3, -0.25) is 4.57 Å². The van der Waals surface area contributed by atoms with Crippen LogP contribution in [0.15, 0.2) is 48.8 Å². The van der Waals surface area contributed by atoms with Crippen molar-refractivity contribution in [1.29, 1.82) is 0 Å². The number of likely N-dealkylation sites (tertiary alicyclic amines) is 1. The molecule has 0 bridgehead atoms. The molecule has 1 aromatic carbocycles. The molecule has 0 saturated carbocycles. The Hall–Kier alpha value is -3.09. The van der Waals surface area contributed by atoms with E-state index in [9.17, 15) is 4.79 Å². The van der Waals surface area contributed by atoms with Crippen LogP contribution in [0.2, 0.25) is 0 Å². The van der Waals surface area contributed by atoms with Gasteiger partial charge in [-0.1, -0.05) is 18.2 Å². The molecule has 1 amide bonds. The van der Waals surface area contributed by atoms with E-state index in [0.29, 0.717) is 13.1 Å². The first-order valence-corrected chi connectivity index (χ1v) is 9.42. The summed E-state index contributed by atoms with van der Waals surface area (Å²) < 4.78 is 7.41. The maximum Gasteiger partial charge on any atom is 0.410 e. The topological polar surface area (TPSA) is 63.5 Å². The van der Waals surface area contributed by atoms with Gasteiger partial charge >= 0.3 is 6.09 Å². The van der Waals surface area contributed by atoms with E-state index in [4.69, 9.17) is 9.72 Å². The molecule has 7 nitrogen and oxygen atoms in total. The molecule has 0 aliphatic carbocycles. The smallest absolute Gasteiger partial charge is 0.410 e. The third-order valence-corrected chi connectivity index (χ3v) is 4.84. The average Bonchev–Trinajstić information content (AvgIpc) is 3.03. The Labute approximate surface area is 164 Å². The van der Waals surface area contributed by atoms with Crippen LogP contribution in [0.5, 0.6) is 0 Å². The molecule has 0 unspecified atom stereocenters. The highest BCUT2D eigenvalue weighted by Gasteiger charge is 2.36. The molecule has 2 aromatic heterocycles. The van der Waals surface area contributed by atoms with E-state index in [1.807, 2.05) is 74.9 Å². The fourth-order valence-corrected chi connectivity index (χ4v) is 3.25. The highest BCUT2D eigenvalue weighted by Crippen LogP contribution is 2.24. The van der Waals surface area contributed by atoms with Crippen molar-refractivity contribution >= 4 is 22.9 Å². The van der Waals surface area contributed by atoms with Gasteiger partial charge in [-0.2, -0.15) is 0 Å². The minimum Gasteiger partial charge on any atom is -0.444 e. The molecular weight excluding hydrogens is 354 g/mol. The Morgan fingerprint density at radius 1 is 1.14 bits per heavy atom. The molecular formula is C21H25N5O2. The van der Waals surface area contributed by atoms with Crippen LogP contribution in [0, 0.1) is 0 Å². The van der Waals surface area contributed by atoms with E-state index in [1.165, 1.54) is 0 Å². The third kappa shape index (κ3) is 3.52. The number of pyridine rings is 1. The monoisotopic (exact) mass is 379 g/mol. The van der Waals surface area contributed by atoms with Crippen LogP contribution < -0.4 is 4.90 Å². The van der Waals surface area contributed by atoms with Gasteiger partial charge < -0.3 is 14.5 Å². The van der Waals surface area contributed by atoms with E-state index < -0.39 is 5.60 Å². The highest BCUT2D eigenvalue weighted by atomic mass is 16.6. The van der Waals surface area contributed by atoms with Gasteiger partial charge in [0.1, 0.15) is 23.6 Å². The van der Waals surface area contributed by atoms with Crippen LogP contribution in [0.4, 0.5) is 10.6 Å². The van der Waals surface area contributed by atoms with Gasteiger partial charge in [0.05, 0.1) is 17.1 Å². The molecule has 0 N–H and O–H groups in total. The summed E-state index contributed by atoms with van der Waals surface area (Å²) in [4.78, 5) is 25.2. The summed E-state index contributed by atoms with van der Waals surface area (Å²) in [6, 6.07) is 14.2. The van der Waals surface area contributed by atoms with Crippen LogP contribution in [-0.2, 0) is 4.74 Å².